The first-order chi connectivity index (χ1) is 10.1. The number of piperazine rings is 1. The highest BCUT2D eigenvalue weighted by atomic mass is 16.2. The predicted octanol–water partition coefficient (Wildman–Crippen LogP) is 2.50. The minimum absolute atomic E-state index is 0.0133. The van der Waals surface area contributed by atoms with E-state index in [1.165, 1.54) is 16.8 Å². The molecular weight excluding hydrogens is 262 g/mol. The zero-order valence-electron chi connectivity index (χ0n) is 13.1. The van der Waals surface area contributed by atoms with Crippen molar-refractivity contribution in [2.45, 2.75) is 27.2 Å². The summed E-state index contributed by atoms with van der Waals surface area (Å²) >= 11 is 0. The van der Waals surface area contributed by atoms with E-state index in [9.17, 15) is 4.79 Å². The van der Waals surface area contributed by atoms with E-state index >= 15 is 0 Å². The molecule has 0 bridgehead atoms. The largest absolute Gasteiger partial charge is 0.368 e. The van der Waals surface area contributed by atoms with E-state index in [-0.39, 0.29) is 5.91 Å². The average Bonchev–Trinajstić information content (AvgIpc) is 2.51. The molecule has 0 spiro atoms. The van der Waals surface area contributed by atoms with E-state index in [0.29, 0.717) is 19.5 Å². The van der Waals surface area contributed by atoms with Crippen LogP contribution in [-0.2, 0) is 4.79 Å². The third-order valence-corrected chi connectivity index (χ3v) is 4.37. The lowest BCUT2D eigenvalue weighted by molar-refractivity contribution is -0.134. The van der Waals surface area contributed by atoms with Crippen molar-refractivity contribution in [1.29, 1.82) is 5.26 Å². The summed E-state index contributed by atoms with van der Waals surface area (Å²) < 4.78 is 0. The second-order valence-corrected chi connectivity index (χ2v) is 5.62. The molecule has 0 aliphatic carbocycles. The Morgan fingerprint density at radius 1 is 1.29 bits per heavy atom. The summed E-state index contributed by atoms with van der Waals surface area (Å²) in [4.78, 5) is 16.4. The van der Waals surface area contributed by atoms with Crippen LogP contribution in [0.25, 0.3) is 0 Å². The van der Waals surface area contributed by atoms with Crippen molar-refractivity contribution in [1.82, 2.24) is 4.90 Å². The van der Waals surface area contributed by atoms with Crippen LogP contribution in [0.15, 0.2) is 18.2 Å². The molecule has 4 heteroatoms. The summed E-state index contributed by atoms with van der Waals surface area (Å²) in [5.41, 5.74) is 3.86. The summed E-state index contributed by atoms with van der Waals surface area (Å²) in [7, 11) is 0. The number of hydrogen-bond donors (Lipinski definition) is 0. The molecular formula is C17H23N3O. The van der Waals surface area contributed by atoms with Crippen molar-refractivity contribution < 1.29 is 4.79 Å². The van der Waals surface area contributed by atoms with E-state index in [2.05, 4.69) is 43.0 Å². The third kappa shape index (κ3) is 3.18. The Morgan fingerprint density at radius 2 is 1.95 bits per heavy atom. The predicted molar refractivity (Wildman–Crippen MR) is 84.1 cm³/mol. The summed E-state index contributed by atoms with van der Waals surface area (Å²) in [5, 5.41) is 9.02. The van der Waals surface area contributed by atoms with Crippen LogP contribution in [0.2, 0.25) is 0 Å². The van der Waals surface area contributed by atoms with E-state index in [1.54, 1.807) is 0 Å². The van der Waals surface area contributed by atoms with Crippen molar-refractivity contribution in [3.63, 3.8) is 0 Å². The average molecular weight is 285 g/mol. The van der Waals surface area contributed by atoms with E-state index in [1.807, 2.05) is 11.8 Å². The molecule has 21 heavy (non-hydrogen) atoms. The lowest BCUT2D eigenvalue weighted by atomic mass is 10.1. The SMILES string of the molecule is CCC(C#N)C(=O)N1CCN(c2cccc(C)c2C)CC1. The van der Waals surface area contributed by atoms with Crippen LogP contribution >= 0.6 is 0 Å². The topological polar surface area (TPSA) is 47.3 Å². The van der Waals surface area contributed by atoms with E-state index < -0.39 is 5.92 Å². The molecule has 1 amide bonds. The Bertz CT molecular complexity index is 554. The van der Waals surface area contributed by atoms with Gasteiger partial charge in [-0.15, -0.1) is 0 Å². The van der Waals surface area contributed by atoms with Gasteiger partial charge in [0.15, 0.2) is 0 Å². The lowest BCUT2D eigenvalue weighted by Crippen LogP contribution is -2.50. The van der Waals surface area contributed by atoms with Crippen LogP contribution in [-0.4, -0.2) is 37.0 Å². The van der Waals surface area contributed by atoms with Crippen molar-refractivity contribution in [2.75, 3.05) is 31.1 Å². The van der Waals surface area contributed by atoms with Gasteiger partial charge in [0.25, 0.3) is 0 Å². The number of benzene rings is 1. The molecule has 1 fully saturated rings. The van der Waals surface area contributed by atoms with Crippen molar-refractivity contribution in [3.05, 3.63) is 29.3 Å². The number of aryl methyl sites for hydroxylation is 1. The first-order valence-corrected chi connectivity index (χ1v) is 7.58. The number of hydrogen-bond acceptors (Lipinski definition) is 3. The minimum Gasteiger partial charge on any atom is -0.368 e. The normalized spacial score (nSPS) is 16.5. The quantitative estimate of drug-likeness (QED) is 0.857. The molecule has 1 aliphatic rings. The third-order valence-electron chi connectivity index (χ3n) is 4.37. The molecule has 1 atom stereocenters. The number of carbonyl (C=O) groups excluding carboxylic acids is 1. The number of amides is 1. The Hall–Kier alpha value is -2.02. The zero-order chi connectivity index (χ0) is 15.4. The molecule has 0 radical (unpaired) electrons. The van der Waals surface area contributed by atoms with Crippen LogP contribution in [0.3, 0.4) is 0 Å². The molecule has 1 heterocycles. The smallest absolute Gasteiger partial charge is 0.240 e. The fraction of sp³-hybridized carbons (Fsp3) is 0.529. The van der Waals surface area contributed by atoms with Gasteiger partial charge in [0, 0.05) is 31.9 Å². The Morgan fingerprint density at radius 3 is 2.52 bits per heavy atom. The van der Waals surface area contributed by atoms with Crippen molar-refractivity contribution in [2.24, 2.45) is 5.92 Å². The molecule has 0 N–H and O–H groups in total. The number of rotatable bonds is 3. The molecule has 1 aliphatic heterocycles. The van der Waals surface area contributed by atoms with Gasteiger partial charge < -0.3 is 9.80 Å². The van der Waals surface area contributed by atoms with Crippen LogP contribution in [0.4, 0.5) is 5.69 Å². The second-order valence-electron chi connectivity index (χ2n) is 5.62. The highest BCUT2D eigenvalue weighted by Gasteiger charge is 2.26. The standard InChI is InChI=1S/C17H23N3O/c1-4-15(12-18)17(21)20-10-8-19(9-11-20)16-7-5-6-13(2)14(16)3/h5-7,15H,4,8-11H2,1-3H3. The Balaban J connectivity index is 2.02. The number of carbonyl (C=O) groups is 1. The number of nitriles is 1. The fourth-order valence-electron chi connectivity index (χ4n) is 2.79. The van der Waals surface area contributed by atoms with Gasteiger partial charge in [-0.2, -0.15) is 5.26 Å². The molecule has 112 valence electrons. The molecule has 1 saturated heterocycles. The zero-order valence-corrected chi connectivity index (χ0v) is 13.1. The molecule has 4 nitrogen and oxygen atoms in total. The van der Waals surface area contributed by atoms with Gasteiger partial charge in [-0.05, 0) is 37.5 Å². The monoisotopic (exact) mass is 285 g/mol. The van der Waals surface area contributed by atoms with Crippen molar-refractivity contribution >= 4 is 11.6 Å². The molecule has 0 aromatic heterocycles. The van der Waals surface area contributed by atoms with Gasteiger partial charge in [0.1, 0.15) is 5.92 Å². The second kappa shape index (κ2) is 6.62. The van der Waals surface area contributed by atoms with E-state index in [0.717, 1.165) is 13.1 Å². The summed E-state index contributed by atoms with van der Waals surface area (Å²) in [6.07, 6.45) is 0.590. The Kier molecular flexibility index (Phi) is 4.85. The lowest BCUT2D eigenvalue weighted by Gasteiger charge is -2.37. The van der Waals surface area contributed by atoms with Gasteiger partial charge in [-0.1, -0.05) is 19.1 Å². The van der Waals surface area contributed by atoms with Gasteiger partial charge >= 0.3 is 0 Å². The summed E-state index contributed by atoms with van der Waals surface area (Å²) in [6.45, 7) is 9.21. The Labute approximate surface area is 127 Å². The van der Waals surface area contributed by atoms with Gasteiger partial charge in [-0.25, -0.2) is 0 Å². The highest BCUT2D eigenvalue weighted by molar-refractivity contribution is 5.81. The van der Waals surface area contributed by atoms with Crippen LogP contribution in [0.1, 0.15) is 24.5 Å². The van der Waals surface area contributed by atoms with Crippen LogP contribution < -0.4 is 4.90 Å². The number of nitrogens with zero attached hydrogens (tertiary/aromatic N) is 3. The van der Waals surface area contributed by atoms with Crippen molar-refractivity contribution in [3.8, 4) is 6.07 Å². The van der Waals surface area contributed by atoms with Gasteiger partial charge in [-0.3, -0.25) is 4.79 Å². The first-order valence-electron chi connectivity index (χ1n) is 7.58. The molecule has 0 saturated carbocycles. The molecule has 1 unspecified atom stereocenters. The number of anilines is 1. The van der Waals surface area contributed by atoms with Crippen LogP contribution in [0.5, 0.6) is 0 Å². The molecule has 1 aromatic carbocycles. The maximum absolute atomic E-state index is 12.2. The summed E-state index contributed by atoms with van der Waals surface area (Å²) in [6, 6.07) is 8.45. The van der Waals surface area contributed by atoms with Crippen LogP contribution in [0, 0.1) is 31.1 Å². The van der Waals surface area contributed by atoms with E-state index in [4.69, 9.17) is 5.26 Å². The molecule has 2 rings (SSSR count). The maximum atomic E-state index is 12.2. The van der Waals surface area contributed by atoms with Gasteiger partial charge in [0.05, 0.1) is 6.07 Å². The fourth-order valence-corrected chi connectivity index (χ4v) is 2.79. The first kappa shape index (κ1) is 15.4. The highest BCUT2D eigenvalue weighted by Crippen LogP contribution is 2.24. The van der Waals surface area contributed by atoms with Gasteiger partial charge in [0.2, 0.25) is 5.91 Å². The molecule has 1 aromatic rings. The summed E-state index contributed by atoms with van der Waals surface area (Å²) in [5.74, 6) is -0.502. The minimum atomic E-state index is -0.489. The maximum Gasteiger partial charge on any atom is 0.240 e.